The van der Waals surface area contributed by atoms with E-state index in [9.17, 15) is 4.79 Å². The lowest BCUT2D eigenvalue weighted by molar-refractivity contribution is -0.122. The summed E-state index contributed by atoms with van der Waals surface area (Å²) in [5, 5.41) is 3.13. The largest absolute Gasteiger partial charge is 0.493 e. The van der Waals surface area contributed by atoms with Crippen molar-refractivity contribution >= 4 is 5.91 Å². The number of carbonyl (C=O) groups is 1. The molecule has 0 bridgehead atoms. The molecular formula is C18H26N2O3. The Bertz CT molecular complexity index is 488. The van der Waals surface area contributed by atoms with E-state index >= 15 is 0 Å². The molecule has 1 amide bonds. The number of hydrogen-bond acceptors (Lipinski definition) is 4. The normalized spacial score (nSPS) is 25.2. The Kier molecular flexibility index (Phi) is 5.88. The van der Waals surface area contributed by atoms with E-state index in [1.54, 1.807) is 0 Å². The number of amides is 1. The Labute approximate surface area is 137 Å². The molecule has 2 aliphatic heterocycles. The van der Waals surface area contributed by atoms with E-state index in [4.69, 9.17) is 9.47 Å². The third-order valence-electron chi connectivity index (χ3n) is 4.60. The molecular weight excluding hydrogens is 292 g/mol. The Balaban J connectivity index is 1.41. The minimum absolute atomic E-state index is 0.0402. The van der Waals surface area contributed by atoms with Crippen molar-refractivity contribution in [1.82, 2.24) is 10.2 Å². The van der Waals surface area contributed by atoms with Gasteiger partial charge in [-0.3, -0.25) is 9.69 Å². The molecule has 0 saturated carbocycles. The highest BCUT2D eigenvalue weighted by molar-refractivity contribution is 5.76. The summed E-state index contributed by atoms with van der Waals surface area (Å²) in [6.45, 7) is 3.99. The van der Waals surface area contributed by atoms with Crippen LogP contribution in [-0.4, -0.2) is 55.8 Å². The number of ether oxygens (including phenoxy) is 2. The lowest BCUT2D eigenvalue weighted by atomic mass is 10.0. The van der Waals surface area contributed by atoms with Crippen LogP contribution in [0.3, 0.4) is 0 Å². The molecule has 1 N–H and O–H groups in total. The Morgan fingerprint density at radius 3 is 2.74 bits per heavy atom. The van der Waals surface area contributed by atoms with E-state index < -0.39 is 0 Å². The van der Waals surface area contributed by atoms with Gasteiger partial charge in [-0.05, 0) is 38.1 Å². The van der Waals surface area contributed by atoms with Gasteiger partial charge in [-0.2, -0.15) is 0 Å². The first-order valence-corrected chi connectivity index (χ1v) is 8.62. The molecule has 0 unspecified atom stereocenters. The Hall–Kier alpha value is -1.59. The van der Waals surface area contributed by atoms with Crippen molar-refractivity contribution in [1.29, 1.82) is 0 Å². The van der Waals surface area contributed by atoms with Crippen molar-refractivity contribution in [3.05, 3.63) is 30.3 Å². The van der Waals surface area contributed by atoms with Crippen molar-refractivity contribution in [2.75, 3.05) is 32.9 Å². The topological polar surface area (TPSA) is 50.8 Å². The van der Waals surface area contributed by atoms with E-state index in [-0.39, 0.29) is 11.9 Å². The molecule has 5 nitrogen and oxygen atoms in total. The van der Waals surface area contributed by atoms with Crippen molar-refractivity contribution < 1.29 is 14.3 Å². The first kappa shape index (κ1) is 16.3. The highest BCUT2D eigenvalue weighted by Gasteiger charge is 2.34. The van der Waals surface area contributed by atoms with Gasteiger partial charge < -0.3 is 14.8 Å². The average molecular weight is 318 g/mol. The van der Waals surface area contributed by atoms with Crippen LogP contribution < -0.4 is 10.1 Å². The van der Waals surface area contributed by atoms with E-state index in [1.807, 2.05) is 30.3 Å². The van der Waals surface area contributed by atoms with Gasteiger partial charge in [0.1, 0.15) is 5.75 Å². The quantitative estimate of drug-likeness (QED) is 0.869. The van der Waals surface area contributed by atoms with Crippen LogP contribution in [0.4, 0.5) is 0 Å². The maximum atomic E-state index is 12.2. The summed E-state index contributed by atoms with van der Waals surface area (Å²) in [5.74, 6) is 0.842. The van der Waals surface area contributed by atoms with E-state index in [2.05, 4.69) is 10.2 Å². The van der Waals surface area contributed by atoms with Crippen LogP contribution in [-0.2, 0) is 9.53 Å². The fourth-order valence-corrected chi connectivity index (χ4v) is 3.35. The summed E-state index contributed by atoms with van der Waals surface area (Å²) < 4.78 is 11.2. The second-order valence-electron chi connectivity index (χ2n) is 6.29. The first-order chi connectivity index (χ1) is 11.3. The summed E-state index contributed by atoms with van der Waals surface area (Å²) in [4.78, 5) is 14.6. The first-order valence-electron chi connectivity index (χ1n) is 8.62. The molecule has 1 aromatic rings. The maximum absolute atomic E-state index is 12.2. The van der Waals surface area contributed by atoms with Crippen LogP contribution in [0.25, 0.3) is 0 Å². The summed E-state index contributed by atoms with van der Waals surface area (Å²) in [6, 6.07) is 10.0. The second-order valence-corrected chi connectivity index (χ2v) is 6.29. The molecule has 23 heavy (non-hydrogen) atoms. The number of hydrogen-bond donors (Lipinski definition) is 1. The summed E-state index contributed by atoms with van der Waals surface area (Å²) in [5.41, 5.74) is 0. The summed E-state index contributed by atoms with van der Waals surface area (Å²) in [6.07, 6.45) is 4.19. The van der Waals surface area contributed by atoms with Gasteiger partial charge in [0.2, 0.25) is 5.91 Å². The number of nitrogens with one attached hydrogen (secondary N) is 1. The molecule has 2 atom stereocenters. The van der Waals surface area contributed by atoms with Crippen molar-refractivity contribution in [3.8, 4) is 5.75 Å². The lowest BCUT2D eigenvalue weighted by Crippen LogP contribution is -2.52. The number of para-hydroxylation sites is 1. The van der Waals surface area contributed by atoms with Crippen LogP contribution in [0.1, 0.15) is 25.7 Å². The fourth-order valence-electron chi connectivity index (χ4n) is 3.35. The molecule has 2 fully saturated rings. The molecule has 0 radical (unpaired) electrons. The van der Waals surface area contributed by atoms with Crippen molar-refractivity contribution in [3.63, 3.8) is 0 Å². The lowest BCUT2D eigenvalue weighted by Gasteiger charge is -2.34. The molecule has 2 heterocycles. The van der Waals surface area contributed by atoms with Crippen molar-refractivity contribution in [2.24, 2.45) is 0 Å². The number of carbonyl (C=O) groups excluding carboxylic acids is 1. The molecule has 2 aliphatic rings. The zero-order valence-electron chi connectivity index (χ0n) is 13.6. The monoisotopic (exact) mass is 318 g/mol. The van der Waals surface area contributed by atoms with Crippen LogP contribution in [0.5, 0.6) is 5.75 Å². The zero-order valence-corrected chi connectivity index (χ0v) is 13.6. The Morgan fingerprint density at radius 2 is 1.96 bits per heavy atom. The van der Waals surface area contributed by atoms with Gasteiger partial charge >= 0.3 is 0 Å². The smallest absolute Gasteiger partial charge is 0.223 e. The SMILES string of the molecule is O=C(CCOc1ccccc1)N[C@H]1COC[C@@H]1N1CCCCC1. The fraction of sp³-hybridized carbons (Fsp3) is 0.611. The number of benzene rings is 1. The van der Waals surface area contributed by atoms with Gasteiger partial charge in [0.15, 0.2) is 0 Å². The van der Waals surface area contributed by atoms with Gasteiger partial charge in [-0.1, -0.05) is 24.6 Å². The zero-order chi connectivity index (χ0) is 15.9. The number of rotatable bonds is 6. The molecule has 5 heteroatoms. The predicted octanol–water partition coefficient (Wildman–Crippen LogP) is 1.82. The van der Waals surface area contributed by atoms with Crippen molar-refractivity contribution in [2.45, 2.75) is 37.8 Å². The number of likely N-dealkylation sites (tertiary alicyclic amines) is 1. The minimum atomic E-state index is 0.0402. The number of nitrogens with zero attached hydrogens (tertiary/aromatic N) is 1. The average Bonchev–Trinajstić information content (AvgIpc) is 3.05. The predicted molar refractivity (Wildman–Crippen MR) is 88.5 cm³/mol. The van der Waals surface area contributed by atoms with Crippen LogP contribution in [0.2, 0.25) is 0 Å². The highest BCUT2D eigenvalue weighted by Crippen LogP contribution is 2.19. The van der Waals surface area contributed by atoms with E-state index in [1.165, 1.54) is 19.3 Å². The molecule has 126 valence electrons. The standard InChI is InChI=1S/C18H26N2O3/c21-18(9-12-23-15-7-3-1-4-8-15)19-16-13-22-14-17(16)20-10-5-2-6-11-20/h1,3-4,7-8,16-17H,2,5-6,9-14H2,(H,19,21)/t16-,17-/m0/s1. The van der Waals surface area contributed by atoms with Gasteiger partial charge in [0, 0.05) is 0 Å². The third kappa shape index (κ3) is 4.69. The summed E-state index contributed by atoms with van der Waals surface area (Å²) >= 11 is 0. The third-order valence-corrected chi connectivity index (χ3v) is 4.60. The highest BCUT2D eigenvalue weighted by atomic mass is 16.5. The van der Waals surface area contributed by atoms with Gasteiger partial charge in [0.05, 0.1) is 38.3 Å². The molecule has 1 aromatic carbocycles. The Morgan fingerprint density at radius 1 is 1.17 bits per heavy atom. The molecule has 0 spiro atoms. The van der Waals surface area contributed by atoms with Gasteiger partial charge in [0.25, 0.3) is 0 Å². The minimum Gasteiger partial charge on any atom is -0.493 e. The van der Waals surface area contributed by atoms with E-state index in [0.29, 0.717) is 25.7 Å². The molecule has 2 saturated heterocycles. The molecule has 3 rings (SSSR count). The maximum Gasteiger partial charge on any atom is 0.223 e. The molecule has 0 aromatic heterocycles. The second kappa shape index (κ2) is 8.31. The van der Waals surface area contributed by atoms with E-state index in [0.717, 1.165) is 25.4 Å². The van der Waals surface area contributed by atoms with Gasteiger partial charge in [-0.15, -0.1) is 0 Å². The van der Waals surface area contributed by atoms with Crippen LogP contribution >= 0.6 is 0 Å². The summed E-state index contributed by atoms with van der Waals surface area (Å²) in [7, 11) is 0. The number of piperidine rings is 1. The molecule has 0 aliphatic carbocycles. The van der Waals surface area contributed by atoms with Crippen LogP contribution in [0.15, 0.2) is 30.3 Å². The van der Waals surface area contributed by atoms with Crippen LogP contribution in [0, 0.1) is 0 Å². The van der Waals surface area contributed by atoms with Gasteiger partial charge in [-0.25, -0.2) is 0 Å².